The molecule has 0 atom stereocenters. The van der Waals surface area contributed by atoms with E-state index in [-0.39, 0.29) is 12.1 Å². The molecule has 3 N–H and O–H groups in total. The zero-order valence-corrected chi connectivity index (χ0v) is 10.9. The predicted octanol–water partition coefficient (Wildman–Crippen LogP) is 1.26. The van der Waals surface area contributed by atoms with Gasteiger partial charge in [-0.3, -0.25) is 4.79 Å². The highest BCUT2D eigenvalue weighted by molar-refractivity contribution is 5.96. The predicted molar refractivity (Wildman–Crippen MR) is 73.1 cm³/mol. The summed E-state index contributed by atoms with van der Waals surface area (Å²) < 4.78 is 5.10. The van der Waals surface area contributed by atoms with Crippen molar-refractivity contribution in [3.8, 4) is 0 Å². The molecule has 2 aromatic rings. The molecule has 0 radical (unpaired) electrons. The van der Waals surface area contributed by atoms with Crippen LogP contribution in [0.15, 0.2) is 39.5 Å². The first kappa shape index (κ1) is 13.3. The van der Waals surface area contributed by atoms with Crippen LogP contribution in [0.2, 0.25) is 0 Å². The Hall–Kier alpha value is -2.14. The number of nitrogens with two attached hydrogens (primary N) is 1. The molecule has 0 saturated carbocycles. The third kappa shape index (κ3) is 3.20. The monoisotopic (exact) mass is 260 g/mol. The second kappa shape index (κ2) is 4.85. The maximum Gasteiger partial charge on any atom is 0.349 e. The van der Waals surface area contributed by atoms with E-state index in [2.05, 4.69) is 5.32 Å². The van der Waals surface area contributed by atoms with Crippen LogP contribution in [0.1, 0.15) is 24.2 Å². The molecule has 0 fully saturated rings. The topological polar surface area (TPSA) is 85.3 Å². The van der Waals surface area contributed by atoms with E-state index in [1.165, 1.54) is 6.07 Å². The number of hydrogen-bond donors (Lipinski definition) is 2. The largest absolute Gasteiger partial charge is 0.422 e. The van der Waals surface area contributed by atoms with E-state index < -0.39 is 17.1 Å². The Morgan fingerprint density at radius 2 is 2.05 bits per heavy atom. The SMILES string of the molecule is CC(C)(N)CNC(=O)c1cc2ccccc2oc1=O. The minimum absolute atomic E-state index is 0.0112. The lowest BCUT2D eigenvalue weighted by Gasteiger charge is -2.18. The fourth-order valence-electron chi connectivity index (χ4n) is 1.62. The molecule has 0 aliphatic heterocycles. The summed E-state index contributed by atoms with van der Waals surface area (Å²) in [7, 11) is 0. The highest BCUT2D eigenvalue weighted by atomic mass is 16.4. The maximum atomic E-state index is 11.9. The molecule has 1 aromatic heterocycles. The van der Waals surface area contributed by atoms with Crippen LogP contribution in [0, 0.1) is 0 Å². The van der Waals surface area contributed by atoms with Gasteiger partial charge in [0.05, 0.1) is 0 Å². The molecule has 19 heavy (non-hydrogen) atoms. The van der Waals surface area contributed by atoms with Gasteiger partial charge in [-0.25, -0.2) is 4.79 Å². The van der Waals surface area contributed by atoms with Gasteiger partial charge in [0, 0.05) is 17.5 Å². The molecule has 5 heteroatoms. The van der Waals surface area contributed by atoms with Crippen LogP contribution in [0.25, 0.3) is 11.0 Å². The van der Waals surface area contributed by atoms with Gasteiger partial charge in [0.25, 0.3) is 5.91 Å². The van der Waals surface area contributed by atoms with E-state index in [0.29, 0.717) is 11.0 Å². The van der Waals surface area contributed by atoms with Crippen molar-refractivity contribution < 1.29 is 9.21 Å². The quantitative estimate of drug-likeness (QED) is 0.813. The average Bonchev–Trinajstić information content (AvgIpc) is 2.34. The van der Waals surface area contributed by atoms with Gasteiger partial charge < -0.3 is 15.5 Å². The van der Waals surface area contributed by atoms with Gasteiger partial charge in [-0.15, -0.1) is 0 Å². The van der Waals surface area contributed by atoms with Gasteiger partial charge in [-0.1, -0.05) is 18.2 Å². The molecular weight excluding hydrogens is 244 g/mol. The van der Waals surface area contributed by atoms with Crippen molar-refractivity contribution in [1.82, 2.24) is 5.32 Å². The van der Waals surface area contributed by atoms with Crippen LogP contribution in [-0.2, 0) is 0 Å². The molecule has 0 aliphatic carbocycles. The standard InChI is InChI=1S/C14H16N2O3/c1-14(2,15)8-16-12(17)10-7-9-5-3-4-6-11(9)19-13(10)18/h3-7H,8,15H2,1-2H3,(H,16,17). The minimum atomic E-state index is -0.647. The van der Waals surface area contributed by atoms with E-state index in [0.717, 1.165) is 0 Å². The number of carbonyl (C=O) groups excluding carboxylic acids is 1. The Morgan fingerprint density at radius 1 is 1.37 bits per heavy atom. The fourth-order valence-corrected chi connectivity index (χ4v) is 1.62. The van der Waals surface area contributed by atoms with Crippen molar-refractivity contribution in [2.45, 2.75) is 19.4 Å². The van der Waals surface area contributed by atoms with Crippen molar-refractivity contribution in [3.05, 3.63) is 46.3 Å². The third-order valence-corrected chi connectivity index (χ3v) is 2.59. The summed E-state index contributed by atoms with van der Waals surface area (Å²) in [6.45, 7) is 3.85. The molecule has 100 valence electrons. The molecule has 1 aromatic carbocycles. The number of fused-ring (bicyclic) bond motifs is 1. The van der Waals surface area contributed by atoms with Gasteiger partial charge in [0.1, 0.15) is 11.1 Å². The van der Waals surface area contributed by atoms with Crippen LogP contribution >= 0.6 is 0 Å². The first-order valence-corrected chi connectivity index (χ1v) is 5.97. The molecule has 0 aliphatic rings. The molecule has 0 unspecified atom stereocenters. The normalized spacial score (nSPS) is 11.5. The third-order valence-electron chi connectivity index (χ3n) is 2.59. The number of rotatable bonds is 3. The van der Waals surface area contributed by atoms with Crippen LogP contribution < -0.4 is 16.7 Å². The lowest BCUT2D eigenvalue weighted by atomic mass is 10.1. The second-order valence-electron chi connectivity index (χ2n) is 5.16. The molecule has 0 saturated heterocycles. The van der Waals surface area contributed by atoms with Gasteiger partial charge in [0.2, 0.25) is 0 Å². The van der Waals surface area contributed by atoms with Crippen LogP contribution in [0.4, 0.5) is 0 Å². The highest BCUT2D eigenvalue weighted by Crippen LogP contribution is 2.12. The number of para-hydroxylation sites is 1. The Bertz CT molecular complexity index is 668. The van der Waals surface area contributed by atoms with Gasteiger partial charge >= 0.3 is 5.63 Å². The average molecular weight is 260 g/mol. The van der Waals surface area contributed by atoms with Crippen molar-refractivity contribution in [1.29, 1.82) is 0 Å². The summed E-state index contributed by atoms with van der Waals surface area (Å²) in [5, 5.41) is 3.33. The Labute approximate surface area is 110 Å². The van der Waals surface area contributed by atoms with Crippen molar-refractivity contribution >= 4 is 16.9 Å². The maximum absolute atomic E-state index is 11.9. The molecule has 1 amide bonds. The molecule has 5 nitrogen and oxygen atoms in total. The molecule has 2 rings (SSSR count). The van der Waals surface area contributed by atoms with E-state index in [1.54, 1.807) is 32.0 Å². The second-order valence-corrected chi connectivity index (χ2v) is 5.16. The van der Waals surface area contributed by atoms with Gasteiger partial charge in [-0.05, 0) is 26.0 Å². The Kier molecular flexibility index (Phi) is 3.40. The van der Waals surface area contributed by atoms with E-state index >= 15 is 0 Å². The van der Waals surface area contributed by atoms with E-state index in [1.807, 2.05) is 6.07 Å². The molecule has 1 heterocycles. The Balaban J connectivity index is 2.32. The zero-order valence-electron chi connectivity index (χ0n) is 10.9. The van der Waals surface area contributed by atoms with Crippen LogP contribution in [0.3, 0.4) is 0 Å². The van der Waals surface area contributed by atoms with E-state index in [4.69, 9.17) is 10.2 Å². The number of nitrogens with one attached hydrogen (secondary N) is 1. The van der Waals surface area contributed by atoms with Crippen molar-refractivity contribution in [2.75, 3.05) is 6.54 Å². The summed E-state index contributed by atoms with van der Waals surface area (Å²) in [6.07, 6.45) is 0. The van der Waals surface area contributed by atoms with Crippen molar-refractivity contribution in [3.63, 3.8) is 0 Å². The summed E-state index contributed by atoms with van der Waals surface area (Å²) in [5.41, 5.74) is 5.04. The minimum Gasteiger partial charge on any atom is -0.422 e. The van der Waals surface area contributed by atoms with Gasteiger partial charge in [0.15, 0.2) is 0 Å². The van der Waals surface area contributed by atoms with Crippen LogP contribution in [0.5, 0.6) is 0 Å². The van der Waals surface area contributed by atoms with Crippen LogP contribution in [-0.4, -0.2) is 18.0 Å². The summed E-state index contributed by atoms with van der Waals surface area (Å²) >= 11 is 0. The summed E-state index contributed by atoms with van der Waals surface area (Å²) in [6, 6.07) is 8.57. The molecule has 0 bridgehead atoms. The number of carbonyl (C=O) groups is 1. The number of hydrogen-bond acceptors (Lipinski definition) is 4. The zero-order chi connectivity index (χ0) is 14.0. The highest BCUT2D eigenvalue weighted by Gasteiger charge is 2.17. The first-order chi connectivity index (χ1) is 8.87. The molecule has 0 spiro atoms. The van der Waals surface area contributed by atoms with E-state index in [9.17, 15) is 9.59 Å². The first-order valence-electron chi connectivity index (χ1n) is 5.97. The lowest BCUT2D eigenvalue weighted by molar-refractivity contribution is 0.0942. The Morgan fingerprint density at radius 3 is 2.74 bits per heavy atom. The molecular formula is C14H16N2O3. The number of benzene rings is 1. The fraction of sp³-hybridized carbons (Fsp3) is 0.286. The smallest absolute Gasteiger partial charge is 0.349 e. The van der Waals surface area contributed by atoms with Crippen molar-refractivity contribution in [2.24, 2.45) is 5.73 Å². The van der Waals surface area contributed by atoms with Gasteiger partial charge in [-0.2, -0.15) is 0 Å². The lowest BCUT2D eigenvalue weighted by Crippen LogP contribution is -2.45. The number of amides is 1. The summed E-state index contributed by atoms with van der Waals surface area (Å²) in [4.78, 5) is 23.7. The summed E-state index contributed by atoms with van der Waals surface area (Å²) in [5.74, 6) is -0.474.